The standard InChI is InChI=1S/C25H18F2N2O4S/c26-19-6-4-16(8-20(19)27)12-31-18-3-1-2-17(10-18)25-29-21(13-34-25)24(30)28-11-15-5-7-22-23(9-15)33-14-32-22/h1-10,13H,11-12,14H2,(H,28,30). The summed E-state index contributed by atoms with van der Waals surface area (Å²) in [5, 5.41) is 5.21. The van der Waals surface area contributed by atoms with Gasteiger partial charge in [-0.05, 0) is 47.5 Å². The molecule has 9 heteroatoms. The fraction of sp³-hybridized carbons (Fsp3) is 0.120. The molecule has 0 unspecified atom stereocenters. The molecule has 1 aliphatic rings. The van der Waals surface area contributed by atoms with Crippen molar-refractivity contribution in [3.63, 3.8) is 0 Å². The Morgan fingerprint density at radius 1 is 1.00 bits per heavy atom. The first-order valence-corrected chi connectivity index (χ1v) is 11.2. The molecular formula is C25H18F2N2O4S. The van der Waals surface area contributed by atoms with Crippen molar-refractivity contribution in [3.8, 4) is 27.8 Å². The van der Waals surface area contributed by atoms with E-state index in [4.69, 9.17) is 14.2 Å². The van der Waals surface area contributed by atoms with E-state index < -0.39 is 11.6 Å². The van der Waals surface area contributed by atoms with Crippen LogP contribution in [0, 0.1) is 11.6 Å². The molecule has 0 spiro atoms. The van der Waals surface area contributed by atoms with Gasteiger partial charge in [0.25, 0.3) is 5.91 Å². The Labute approximate surface area is 197 Å². The van der Waals surface area contributed by atoms with Crippen LogP contribution in [0.2, 0.25) is 0 Å². The van der Waals surface area contributed by atoms with Crippen molar-refractivity contribution in [2.45, 2.75) is 13.2 Å². The largest absolute Gasteiger partial charge is 0.489 e. The molecular weight excluding hydrogens is 462 g/mol. The minimum absolute atomic E-state index is 0.0893. The molecule has 1 aromatic heterocycles. The molecule has 1 aliphatic heterocycles. The van der Waals surface area contributed by atoms with E-state index in [2.05, 4.69) is 10.3 Å². The highest BCUT2D eigenvalue weighted by atomic mass is 32.1. The predicted octanol–water partition coefficient (Wildman–Crippen LogP) is 5.33. The zero-order valence-electron chi connectivity index (χ0n) is 17.7. The summed E-state index contributed by atoms with van der Waals surface area (Å²) in [6, 6.07) is 16.4. The fourth-order valence-corrected chi connectivity index (χ4v) is 4.15. The summed E-state index contributed by atoms with van der Waals surface area (Å²) >= 11 is 1.34. The van der Waals surface area contributed by atoms with Crippen molar-refractivity contribution < 1.29 is 27.8 Å². The van der Waals surface area contributed by atoms with Crippen LogP contribution >= 0.6 is 11.3 Å². The zero-order chi connectivity index (χ0) is 23.5. The van der Waals surface area contributed by atoms with Crippen molar-refractivity contribution in [1.82, 2.24) is 10.3 Å². The molecule has 172 valence electrons. The van der Waals surface area contributed by atoms with Gasteiger partial charge in [-0.15, -0.1) is 11.3 Å². The van der Waals surface area contributed by atoms with E-state index in [0.29, 0.717) is 40.1 Å². The number of fused-ring (bicyclic) bond motifs is 1. The van der Waals surface area contributed by atoms with Crippen molar-refractivity contribution in [2.75, 3.05) is 6.79 Å². The number of thiazole rings is 1. The lowest BCUT2D eigenvalue weighted by Gasteiger charge is -2.08. The second-order valence-electron chi connectivity index (χ2n) is 7.47. The average Bonchev–Trinajstić information content (AvgIpc) is 3.53. The maximum atomic E-state index is 13.4. The van der Waals surface area contributed by atoms with Crippen LogP contribution in [0.4, 0.5) is 8.78 Å². The lowest BCUT2D eigenvalue weighted by Crippen LogP contribution is -2.23. The third-order valence-electron chi connectivity index (χ3n) is 5.10. The van der Waals surface area contributed by atoms with E-state index in [1.807, 2.05) is 24.3 Å². The van der Waals surface area contributed by atoms with Gasteiger partial charge in [-0.25, -0.2) is 13.8 Å². The van der Waals surface area contributed by atoms with Gasteiger partial charge in [0.1, 0.15) is 23.1 Å². The smallest absolute Gasteiger partial charge is 0.271 e. The minimum atomic E-state index is -0.915. The SMILES string of the molecule is O=C(NCc1ccc2c(c1)OCO2)c1csc(-c2cccc(OCc3ccc(F)c(F)c3)c2)n1. The molecule has 0 bridgehead atoms. The number of nitrogens with one attached hydrogen (secondary N) is 1. The van der Waals surface area contributed by atoms with E-state index in [-0.39, 0.29) is 19.3 Å². The van der Waals surface area contributed by atoms with Gasteiger partial charge in [-0.3, -0.25) is 4.79 Å². The Hall–Kier alpha value is -3.98. The van der Waals surface area contributed by atoms with Crippen molar-refractivity contribution >= 4 is 17.2 Å². The summed E-state index contributed by atoms with van der Waals surface area (Å²) in [5.74, 6) is -0.200. The molecule has 3 aromatic carbocycles. The van der Waals surface area contributed by atoms with Crippen LogP contribution in [-0.2, 0) is 13.2 Å². The number of carbonyl (C=O) groups excluding carboxylic acids is 1. The number of hydrogen-bond donors (Lipinski definition) is 1. The van der Waals surface area contributed by atoms with Crippen LogP contribution in [0.5, 0.6) is 17.2 Å². The number of amides is 1. The van der Waals surface area contributed by atoms with Crippen LogP contribution in [0.3, 0.4) is 0 Å². The normalized spacial score (nSPS) is 11.9. The summed E-state index contributed by atoms with van der Waals surface area (Å²) < 4.78 is 42.8. The maximum absolute atomic E-state index is 13.4. The van der Waals surface area contributed by atoms with Crippen LogP contribution in [-0.4, -0.2) is 17.7 Å². The first-order chi connectivity index (χ1) is 16.5. The van der Waals surface area contributed by atoms with Gasteiger partial charge >= 0.3 is 0 Å². The van der Waals surface area contributed by atoms with Gasteiger partial charge in [-0.1, -0.05) is 24.3 Å². The molecule has 2 heterocycles. The number of benzene rings is 3. The number of nitrogens with zero attached hydrogens (tertiary/aromatic N) is 1. The molecule has 34 heavy (non-hydrogen) atoms. The van der Waals surface area contributed by atoms with E-state index in [0.717, 1.165) is 23.3 Å². The monoisotopic (exact) mass is 480 g/mol. The van der Waals surface area contributed by atoms with Gasteiger partial charge < -0.3 is 19.5 Å². The van der Waals surface area contributed by atoms with Crippen molar-refractivity contribution in [3.05, 3.63) is 94.5 Å². The number of halogens is 2. The second-order valence-corrected chi connectivity index (χ2v) is 8.33. The molecule has 0 fully saturated rings. The van der Waals surface area contributed by atoms with Gasteiger partial charge in [-0.2, -0.15) is 0 Å². The Morgan fingerprint density at radius 2 is 1.85 bits per heavy atom. The highest BCUT2D eigenvalue weighted by Crippen LogP contribution is 2.32. The number of ether oxygens (including phenoxy) is 3. The quantitative estimate of drug-likeness (QED) is 0.387. The molecule has 1 amide bonds. The molecule has 0 saturated carbocycles. The molecule has 0 radical (unpaired) electrons. The van der Waals surface area contributed by atoms with Gasteiger partial charge in [0.15, 0.2) is 23.1 Å². The molecule has 0 aliphatic carbocycles. The van der Waals surface area contributed by atoms with Crippen LogP contribution in [0.15, 0.2) is 66.0 Å². The molecule has 6 nitrogen and oxygen atoms in total. The third kappa shape index (κ3) is 4.84. The molecule has 4 aromatic rings. The van der Waals surface area contributed by atoms with E-state index in [1.165, 1.54) is 17.4 Å². The molecule has 5 rings (SSSR count). The number of aromatic nitrogens is 1. The summed E-state index contributed by atoms with van der Waals surface area (Å²) in [4.78, 5) is 17.0. The second kappa shape index (κ2) is 9.48. The number of carbonyl (C=O) groups is 1. The summed E-state index contributed by atoms with van der Waals surface area (Å²) in [6.45, 7) is 0.617. The third-order valence-corrected chi connectivity index (χ3v) is 5.99. The Morgan fingerprint density at radius 3 is 2.74 bits per heavy atom. The minimum Gasteiger partial charge on any atom is -0.489 e. The van der Waals surface area contributed by atoms with Crippen LogP contribution in [0.1, 0.15) is 21.6 Å². The predicted molar refractivity (Wildman–Crippen MR) is 122 cm³/mol. The summed E-state index contributed by atoms with van der Waals surface area (Å²) in [6.07, 6.45) is 0. The number of rotatable bonds is 7. The van der Waals surface area contributed by atoms with Gasteiger partial charge in [0, 0.05) is 17.5 Å². The van der Waals surface area contributed by atoms with Crippen molar-refractivity contribution in [1.29, 1.82) is 0 Å². The topological polar surface area (TPSA) is 69.7 Å². The Balaban J connectivity index is 1.21. The van der Waals surface area contributed by atoms with E-state index >= 15 is 0 Å². The Kier molecular flexibility index (Phi) is 6.09. The molecule has 1 N–H and O–H groups in total. The average molecular weight is 480 g/mol. The van der Waals surface area contributed by atoms with Gasteiger partial charge in [0.2, 0.25) is 6.79 Å². The van der Waals surface area contributed by atoms with E-state index in [1.54, 1.807) is 23.6 Å². The summed E-state index contributed by atoms with van der Waals surface area (Å²) in [5.41, 5.74) is 2.50. The molecule has 0 saturated heterocycles. The van der Waals surface area contributed by atoms with Crippen molar-refractivity contribution in [2.24, 2.45) is 0 Å². The van der Waals surface area contributed by atoms with Crippen LogP contribution < -0.4 is 19.5 Å². The number of hydrogen-bond acceptors (Lipinski definition) is 6. The highest BCUT2D eigenvalue weighted by Gasteiger charge is 2.15. The van der Waals surface area contributed by atoms with Crippen LogP contribution in [0.25, 0.3) is 10.6 Å². The van der Waals surface area contributed by atoms with Gasteiger partial charge in [0.05, 0.1) is 0 Å². The summed E-state index contributed by atoms with van der Waals surface area (Å²) in [7, 11) is 0. The maximum Gasteiger partial charge on any atom is 0.271 e. The fourth-order valence-electron chi connectivity index (χ4n) is 3.35. The molecule has 0 atom stereocenters. The first kappa shape index (κ1) is 21.8. The lowest BCUT2D eigenvalue weighted by atomic mass is 10.2. The first-order valence-electron chi connectivity index (χ1n) is 10.3. The van der Waals surface area contributed by atoms with E-state index in [9.17, 15) is 13.6 Å². The zero-order valence-corrected chi connectivity index (χ0v) is 18.5. The Bertz CT molecular complexity index is 1360. The lowest BCUT2D eigenvalue weighted by molar-refractivity contribution is 0.0946. The highest BCUT2D eigenvalue weighted by molar-refractivity contribution is 7.13.